The van der Waals surface area contributed by atoms with E-state index in [0.717, 1.165) is 12.8 Å². The Bertz CT molecular complexity index is 509. The Hall–Kier alpha value is -2.25. The van der Waals surface area contributed by atoms with E-state index in [2.05, 4.69) is 15.8 Å². The van der Waals surface area contributed by atoms with Crippen LogP contribution < -0.4 is 10.6 Å². The van der Waals surface area contributed by atoms with E-state index in [9.17, 15) is 9.59 Å². The summed E-state index contributed by atoms with van der Waals surface area (Å²) in [6.45, 7) is 5.29. The van der Waals surface area contributed by atoms with Crippen molar-refractivity contribution in [2.24, 2.45) is 0 Å². The molecule has 2 rings (SSSR count). The molecule has 2 heterocycles. The number of anilines is 1. The first-order valence-electron chi connectivity index (χ1n) is 7.46. The van der Waals surface area contributed by atoms with Crippen molar-refractivity contribution in [3.63, 3.8) is 0 Å². The number of hydrogen-bond donors (Lipinski definition) is 2. The molecule has 1 aromatic heterocycles. The van der Waals surface area contributed by atoms with Crippen LogP contribution in [0.1, 0.15) is 25.5 Å². The minimum Gasteiger partial charge on any atom is -0.450 e. The maximum atomic E-state index is 11.9. The smallest absolute Gasteiger partial charge is 0.409 e. The summed E-state index contributed by atoms with van der Waals surface area (Å²) in [5.74, 6) is 1.13. The van der Waals surface area contributed by atoms with Crippen LogP contribution in [-0.2, 0) is 9.53 Å². The first-order chi connectivity index (χ1) is 10.6. The summed E-state index contributed by atoms with van der Waals surface area (Å²) < 4.78 is 9.87. The highest BCUT2D eigenvalue weighted by molar-refractivity contribution is 5.80. The standard InChI is InChI=1S/C14H22N4O4/c1-3-21-14(20)18-6-4-11(5-7-18)16-13(19)9-15-12-8-10(2)22-17-12/h8,11H,3-7,9H2,1-2H3,(H,15,17)(H,16,19). The van der Waals surface area contributed by atoms with Crippen LogP contribution in [0, 0.1) is 6.92 Å². The second-order valence-electron chi connectivity index (χ2n) is 5.20. The van der Waals surface area contributed by atoms with Gasteiger partial charge in [-0.1, -0.05) is 5.16 Å². The van der Waals surface area contributed by atoms with Gasteiger partial charge in [-0.3, -0.25) is 4.79 Å². The number of nitrogens with zero attached hydrogens (tertiary/aromatic N) is 2. The number of rotatable bonds is 5. The van der Waals surface area contributed by atoms with Gasteiger partial charge in [0.15, 0.2) is 5.82 Å². The Morgan fingerprint density at radius 1 is 1.45 bits per heavy atom. The Morgan fingerprint density at radius 3 is 2.77 bits per heavy atom. The van der Waals surface area contributed by atoms with Gasteiger partial charge in [0, 0.05) is 25.2 Å². The van der Waals surface area contributed by atoms with Gasteiger partial charge in [0.25, 0.3) is 0 Å². The van der Waals surface area contributed by atoms with Crippen molar-refractivity contribution in [3.05, 3.63) is 11.8 Å². The SMILES string of the molecule is CCOC(=O)N1CCC(NC(=O)CNc2cc(C)on2)CC1. The number of aromatic nitrogens is 1. The molecule has 0 bridgehead atoms. The molecule has 1 aliphatic heterocycles. The van der Waals surface area contributed by atoms with Gasteiger partial charge in [0.2, 0.25) is 5.91 Å². The van der Waals surface area contributed by atoms with Crippen LogP contribution in [0.5, 0.6) is 0 Å². The van der Waals surface area contributed by atoms with E-state index in [0.29, 0.717) is 31.3 Å². The van der Waals surface area contributed by atoms with Crippen molar-refractivity contribution >= 4 is 17.8 Å². The van der Waals surface area contributed by atoms with Crippen molar-refractivity contribution < 1.29 is 18.8 Å². The predicted molar refractivity (Wildman–Crippen MR) is 79.5 cm³/mol. The number of carbonyl (C=O) groups is 2. The number of ether oxygens (including phenoxy) is 1. The molecule has 2 N–H and O–H groups in total. The summed E-state index contributed by atoms with van der Waals surface area (Å²) in [7, 11) is 0. The zero-order chi connectivity index (χ0) is 15.9. The number of nitrogens with one attached hydrogen (secondary N) is 2. The molecule has 122 valence electrons. The number of amides is 2. The fourth-order valence-corrected chi connectivity index (χ4v) is 2.32. The first kappa shape index (κ1) is 16.1. The number of piperidine rings is 1. The molecule has 0 aliphatic carbocycles. The maximum absolute atomic E-state index is 11.9. The molecular formula is C14H22N4O4. The molecule has 8 heteroatoms. The second-order valence-corrected chi connectivity index (χ2v) is 5.20. The topological polar surface area (TPSA) is 96.7 Å². The van der Waals surface area contributed by atoms with Gasteiger partial charge in [-0.15, -0.1) is 0 Å². The summed E-state index contributed by atoms with van der Waals surface area (Å²) in [5.41, 5.74) is 0. The number of hydrogen-bond acceptors (Lipinski definition) is 6. The van der Waals surface area contributed by atoms with E-state index >= 15 is 0 Å². The lowest BCUT2D eigenvalue weighted by atomic mass is 10.1. The molecule has 8 nitrogen and oxygen atoms in total. The second kappa shape index (κ2) is 7.67. The molecule has 22 heavy (non-hydrogen) atoms. The van der Waals surface area contributed by atoms with Gasteiger partial charge in [-0.2, -0.15) is 0 Å². The highest BCUT2D eigenvalue weighted by Gasteiger charge is 2.24. The van der Waals surface area contributed by atoms with Crippen molar-refractivity contribution in [2.75, 3.05) is 31.6 Å². The number of aryl methyl sites for hydroxylation is 1. The molecule has 2 amide bonds. The zero-order valence-corrected chi connectivity index (χ0v) is 12.9. The molecule has 0 saturated carbocycles. The molecule has 0 aromatic carbocycles. The average Bonchev–Trinajstić information content (AvgIpc) is 2.92. The number of likely N-dealkylation sites (tertiary alicyclic amines) is 1. The third kappa shape index (κ3) is 4.64. The van der Waals surface area contributed by atoms with Crippen molar-refractivity contribution in [1.82, 2.24) is 15.4 Å². The minimum absolute atomic E-state index is 0.0824. The molecule has 0 unspecified atom stereocenters. The van der Waals surface area contributed by atoms with Gasteiger partial charge >= 0.3 is 6.09 Å². The van der Waals surface area contributed by atoms with E-state index in [1.165, 1.54) is 0 Å². The molecule has 1 aliphatic rings. The van der Waals surface area contributed by atoms with E-state index in [1.807, 2.05) is 0 Å². The van der Waals surface area contributed by atoms with E-state index in [1.54, 1.807) is 24.8 Å². The molecule has 0 radical (unpaired) electrons. The van der Waals surface area contributed by atoms with Crippen molar-refractivity contribution in [2.45, 2.75) is 32.7 Å². The third-order valence-electron chi connectivity index (χ3n) is 3.44. The highest BCUT2D eigenvalue weighted by atomic mass is 16.6. The Labute approximate surface area is 129 Å². The van der Waals surface area contributed by atoms with Gasteiger partial charge in [-0.25, -0.2) is 4.79 Å². The first-order valence-corrected chi connectivity index (χ1v) is 7.46. The van der Waals surface area contributed by atoms with Crippen LogP contribution in [-0.4, -0.2) is 54.3 Å². The fraction of sp³-hybridized carbons (Fsp3) is 0.643. The Morgan fingerprint density at radius 2 is 2.18 bits per heavy atom. The van der Waals surface area contributed by atoms with E-state index in [-0.39, 0.29) is 24.6 Å². The van der Waals surface area contributed by atoms with Gasteiger partial charge in [0.1, 0.15) is 5.76 Å². The van der Waals surface area contributed by atoms with Crippen LogP contribution >= 0.6 is 0 Å². The van der Waals surface area contributed by atoms with Crippen LogP contribution in [0.2, 0.25) is 0 Å². The Balaban J connectivity index is 1.67. The minimum atomic E-state index is -0.282. The fourth-order valence-electron chi connectivity index (χ4n) is 2.32. The van der Waals surface area contributed by atoms with Crippen LogP contribution in [0.25, 0.3) is 0 Å². The average molecular weight is 310 g/mol. The normalized spacial score (nSPS) is 15.5. The lowest BCUT2D eigenvalue weighted by Gasteiger charge is -2.31. The third-order valence-corrected chi connectivity index (χ3v) is 3.44. The zero-order valence-electron chi connectivity index (χ0n) is 12.9. The lowest BCUT2D eigenvalue weighted by Crippen LogP contribution is -2.47. The van der Waals surface area contributed by atoms with Gasteiger partial charge < -0.3 is 24.8 Å². The number of carbonyl (C=O) groups excluding carboxylic acids is 2. The predicted octanol–water partition coefficient (Wildman–Crippen LogP) is 1.13. The molecule has 0 spiro atoms. The highest BCUT2D eigenvalue weighted by Crippen LogP contribution is 2.11. The largest absolute Gasteiger partial charge is 0.450 e. The molecule has 1 saturated heterocycles. The molecule has 1 fully saturated rings. The Kier molecular flexibility index (Phi) is 5.62. The van der Waals surface area contributed by atoms with Crippen molar-refractivity contribution in [3.8, 4) is 0 Å². The van der Waals surface area contributed by atoms with Crippen LogP contribution in [0.15, 0.2) is 10.6 Å². The molecular weight excluding hydrogens is 288 g/mol. The van der Waals surface area contributed by atoms with Crippen LogP contribution in [0.3, 0.4) is 0 Å². The van der Waals surface area contributed by atoms with Crippen molar-refractivity contribution in [1.29, 1.82) is 0 Å². The summed E-state index contributed by atoms with van der Waals surface area (Å²) in [6.07, 6.45) is 1.18. The summed E-state index contributed by atoms with van der Waals surface area (Å²) >= 11 is 0. The summed E-state index contributed by atoms with van der Waals surface area (Å²) in [4.78, 5) is 25.1. The maximum Gasteiger partial charge on any atom is 0.409 e. The quantitative estimate of drug-likeness (QED) is 0.846. The molecule has 1 aromatic rings. The lowest BCUT2D eigenvalue weighted by molar-refractivity contribution is -0.120. The summed E-state index contributed by atoms with van der Waals surface area (Å²) in [6, 6.07) is 1.81. The monoisotopic (exact) mass is 310 g/mol. The summed E-state index contributed by atoms with van der Waals surface area (Å²) in [5, 5.41) is 9.60. The van der Waals surface area contributed by atoms with Crippen LogP contribution in [0.4, 0.5) is 10.6 Å². The molecule has 0 atom stereocenters. The van der Waals surface area contributed by atoms with Gasteiger partial charge in [-0.05, 0) is 26.7 Å². The van der Waals surface area contributed by atoms with E-state index in [4.69, 9.17) is 9.26 Å². The van der Waals surface area contributed by atoms with E-state index < -0.39 is 0 Å². The van der Waals surface area contributed by atoms with Gasteiger partial charge in [0.05, 0.1) is 13.2 Å².